The van der Waals surface area contributed by atoms with Crippen molar-refractivity contribution in [3.63, 3.8) is 0 Å². The van der Waals surface area contributed by atoms with Crippen LogP contribution in [0.1, 0.15) is 48.5 Å². The summed E-state index contributed by atoms with van der Waals surface area (Å²) in [6.45, 7) is 1.57. The fourth-order valence-electron chi connectivity index (χ4n) is 3.77. The second-order valence-corrected chi connectivity index (χ2v) is 8.49. The second kappa shape index (κ2) is 12.4. The average Bonchev–Trinajstić information content (AvgIpc) is 3.26. The molecule has 1 fully saturated rings. The van der Waals surface area contributed by atoms with E-state index in [4.69, 9.17) is 9.47 Å². The largest absolute Gasteiger partial charge is 0.462 e. The Labute approximate surface area is 211 Å². The molecule has 2 aromatic carbocycles. The Kier molecular flexibility index (Phi) is 9.26. The SMILES string of the molecule is CCCCCOC(=O)c1ccc(N2C[C@H](C(=O)OCC(=O)Nc3ccccc3C(F)(F)F)CC2=O)cc1. The molecule has 37 heavy (non-hydrogen) atoms. The number of carbonyl (C=O) groups excluding carboxylic acids is 4. The first-order chi connectivity index (χ1) is 17.6. The van der Waals surface area contributed by atoms with Crippen molar-refractivity contribution in [2.75, 3.05) is 30.0 Å². The van der Waals surface area contributed by atoms with Gasteiger partial charge in [-0.3, -0.25) is 14.4 Å². The third kappa shape index (κ3) is 7.55. The van der Waals surface area contributed by atoms with E-state index in [1.807, 2.05) is 6.92 Å². The van der Waals surface area contributed by atoms with Gasteiger partial charge in [0.05, 0.1) is 29.3 Å². The molecule has 1 aliphatic rings. The summed E-state index contributed by atoms with van der Waals surface area (Å²) in [6.07, 6.45) is -2.07. The molecular weight excluding hydrogens is 493 g/mol. The molecule has 11 heteroatoms. The number of hydrogen-bond acceptors (Lipinski definition) is 6. The minimum Gasteiger partial charge on any atom is -0.462 e. The highest BCUT2D eigenvalue weighted by molar-refractivity contribution is 6.00. The zero-order valence-electron chi connectivity index (χ0n) is 20.2. The van der Waals surface area contributed by atoms with Crippen LogP contribution in [0.3, 0.4) is 0 Å². The zero-order valence-corrected chi connectivity index (χ0v) is 20.2. The van der Waals surface area contributed by atoms with Crippen LogP contribution in [-0.4, -0.2) is 43.5 Å². The van der Waals surface area contributed by atoms with Gasteiger partial charge < -0.3 is 19.7 Å². The van der Waals surface area contributed by atoms with Crippen LogP contribution in [0, 0.1) is 5.92 Å². The Morgan fingerprint density at radius 2 is 1.73 bits per heavy atom. The van der Waals surface area contributed by atoms with Gasteiger partial charge in [0.1, 0.15) is 0 Å². The van der Waals surface area contributed by atoms with E-state index in [1.54, 1.807) is 12.1 Å². The van der Waals surface area contributed by atoms with Crippen LogP contribution in [-0.2, 0) is 30.0 Å². The number of alkyl halides is 3. The van der Waals surface area contributed by atoms with Gasteiger partial charge >= 0.3 is 18.1 Å². The van der Waals surface area contributed by atoms with E-state index in [9.17, 15) is 32.3 Å². The summed E-state index contributed by atoms with van der Waals surface area (Å²) < 4.78 is 49.4. The Hall–Kier alpha value is -3.89. The van der Waals surface area contributed by atoms with E-state index in [0.717, 1.165) is 31.4 Å². The summed E-state index contributed by atoms with van der Waals surface area (Å²) in [5.41, 5.74) is -0.667. The van der Waals surface area contributed by atoms with Crippen LogP contribution < -0.4 is 10.2 Å². The van der Waals surface area contributed by atoms with Gasteiger partial charge in [0.15, 0.2) is 6.61 Å². The highest BCUT2D eigenvalue weighted by atomic mass is 19.4. The summed E-state index contributed by atoms with van der Waals surface area (Å²) in [4.78, 5) is 50.4. The number of unbranched alkanes of at least 4 members (excludes halogenated alkanes) is 2. The minimum absolute atomic E-state index is 0.00297. The van der Waals surface area contributed by atoms with Gasteiger partial charge in [-0.25, -0.2) is 4.79 Å². The summed E-state index contributed by atoms with van der Waals surface area (Å²) in [5.74, 6) is -3.43. The van der Waals surface area contributed by atoms with Crippen molar-refractivity contribution < 1.29 is 41.8 Å². The monoisotopic (exact) mass is 520 g/mol. The molecule has 2 amide bonds. The summed E-state index contributed by atoms with van der Waals surface area (Å²) in [5, 5.41) is 2.09. The van der Waals surface area contributed by atoms with E-state index in [1.165, 1.54) is 29.2 Å². The van der Waals surface area contributed by atoms with Crippen molar-refractivity contribution in [2.45, 2.75) is 38.8 Å². The van der Waals surface area contributed by atoms with Crippen molar-refractivity contribution in [1.29, 1.82) is 0 Å². The van der Waals surface area contributed by atoms with Crippen LogP contribution >= 0.6 is 0 Å². The molecule has 0 unspecified atom stereocenters. The predicted molar refractivity (Wildman–Crippen MR) is 128 cm³/mol. The molecule has 8 nitrogen and oxygen atoms in total. The van der Waals surface area contributed by atoms with Crippen LogP contribution in [0.25, 0.3) is 0 Å². The number of nitrogens with one attached hydrogen (secondary N) is 1. The zero-order chi connectivity index (χ0) is 27.0. The van der Waals surface area contributed by atoms with Gasteiger partial charge in [0.2, 0.25) is 5.91 Å². The van der Waals surface area contributed by atoms with E-state index in [0.29, 0.717) is 17.9 Å². The fraction of sp³-hybridized carbons (Fsp3) is 0.385. The number of para-hydroxylation sites is 1. The van der Waals surface area contributed by atoms with Crippen LogP contribution in [0.2, 0.25) is 0 Å². The summed E-state index contributed by atoms with van der Waals surface area (Å²) in [6, 6.07) is 10.6. The number of amides is 2. The van der Waals surface area contributed by atoms with Gasteiger partial charge in [-0.1, -0.05) is 31.9 Å². The Morgan fingerprint density at radius 3 is 2.41 bits per heavy atom. The van der Waals surface area contributed by atoms with Crippen molar-refractivity contribution in [2.24, 2.45) is 5.92 Å². The van der Waals surface area contributed by atoms with E-state index in [-0.39, 0.29) is 18.9 Å². The molecule has 0 aliphatic carbocycles. The number of nitrogens with zero attached hydrogens (tertiary/aromatic N) is 1. The van der Waals surface area contributed by atoms with E-state index >= 15 is 0 Å². The van der Waals surface area contributed by atoms with Gasteiger partial charge in [0.25, 0.3) is 5.91 Å². The molecule has 0 aromatic heterocycles. The lowest BCUT2D eigenvalue weighted by molar-refractivity contribution is -0.151. The Morgan fingerprint density at radius 1 is 1.03 bits per heavy atom. The third-order valence-electron chi connectivity index (χ3n) is 5.71. The number of halogens is 3. The lowest BCUT2D eigenvalue weighted by atomic mass is 10.1. The Bertz CT molecular complexity index is 1130. The maximum atomic E-state index is 13.1. The summed E-state index contributed by atoms with van der Waals surface area (Å²) in [7, 11) is 0. The highest BCUT2D eigenvalue weighted by Crippen LogP contribution is 2.34. The first-order valence-electron chi connectivity index (χ1n) is 11.8. The standard InChI is InChI=1S/C26H27F3N2O6/c1-2-3-6-13-36-24(34)17-9-11-19(12-10-17)31-15-18(14-23(31)33)25(35)37-16-22(32)30-21-8-5-4-7-20(21)26(27,28)29/h4-5,7-12,18H,2-3,6,13-16H2,1H3,(H,30,32)/t18-/m1/s1. The molecule has 1 atom stereocenters. The van der Waals surface area contributed by atoms with Crippen molar-refractivity contribution in [1.82, 2.24) is 0 Å². The number of ether oxygens (including phenoxy) is 2. The minimum atomic E-state index is -4.67. The molecule has 3 rings (SSSR count). The van der Waals surface area contributed by atoms with Crippen LogP contribution in [0.4, 0.5) is 24.5 Å². The van der Waals surface area contributed by atoms with Crippen LogP contribution in [0.15, 0.2) is 48.5 Å². The normalized spacial score (nSPS) is 15.4. The van der Waals surface area contributed by atoms with Gasteiger partial charge in [-0.05, 0) is 42.8 Å². The van der Waals surface area contributed by atoms with E-state index in [2.05, 4.69) is 5.32 Å². The topological polar surface area (TPSA) is 102 Å². The number of esters is 2. The first-order valence-corrected chi connectivity index (χ1v) is 11.8. The third-order valence-corrected chi connectivity index (χ3v) is 5.71. The fourth-order valence-corrected chi connectivity index (χ4v) is 3.77. The van der Waals surface area contributed by atoms with Gasteiger partial charge in [-0.2, -0.15) is 13.2 Å². The van der Waals surface area contributed by atoms with Crippen molar-refractivity contribution in [3.05, 3.63) is 59.7 Å². The lowest BCUT2D eigenvalue weighted by Crippen LogP contribution is -2.28. The van der Waals surface area contributed by atoms with Crippen molar-refractivity contribution in [3.8, 4) is 0 Å². The molecule has 0 bridgehead atoms. The highest BCUT2D eigenvalue weighted by Gasteiger charge is 2.37. The molecule has 0 radical (unpaired) electrons. The van der Waals surface area contributed by atoms with Crippen LogP contribution in [0.5, 0.6) is 0 Å². The molecule has 1 saturated heterocycles. The second-order valence-electron chi connectivity index (χ2n) is 8.49. The molecule has 1 N–H and O–H groups in total. The van der Waals surface area contributed by atoms with Gasteiger partial charge in [0, 0.05) is 18.7 Å². The Balaban J connectivity index is 1.51. The summed E-state index contributed by atoms with van der Waals surface area (Å²) >= 11 is 0. The molecule has 2 aromatic rings. The van der Waals surface area contributed by atoms with Gasteiger partial charge in [-0.15, -0.1) is 0 Å². The molecule has 198 valence electrons. The van der Waals surface area contributed by atoms with Crippen molar-refractivity contribution >= 4 is 35.1 Å². The number of anilines is 2. The maximum absolute atomic E-state index is 13.1. The molecule has 1 aliphatic heterocycles. The first kappa shape index (κ1) is 27.7. The molecule has 0 saturated carbocycles. The maximum Gasteiger partial charge on any atom is 0.418 e. The molecular formula is C26H27F3N2O6. The number of benzene rings is 2. The van der Waals surface area contributed by atoms with E-state index < -0.39 is 47.8 Å². The number of hydrogen-bond donors (Lipinski definition) is 1. The lowest BCUT2D eigenvalue weighted by Gasteiger charge is -2.17. The predicted octanol–water partition coefficient (Wildman–Crippen LogP) is 4.59. The number of carbonyl (C=O) groups is 4. The molecule has 0 spiro atoms. The smallest absolute Gasteiger partial charge is 0.418 e. The molecule has 1 heterocycles. The average molecular weight is 521 g/mol. The quantitative estimate of drug-likeness (QED) is 0.363. The number of rotatable bonds is 10.